The van der Waals surface area contributed by atoms with Crippen LogP contribution in [-0.4, -0.2) is 6.26 Å². The Kier molecular flexibility index (Phi) is 4.70. The van der Waals surface area contributed by atoms with Gasteiger partial charge in [-0.2, -0.15) is 0 Å². The van der Waals surface area contributed by atoms with Gasteiger partial charge >= 0.3 is 0 Å². The van der Waals surface area contributed by atoms with Crippen LogP contribution in [0.2, 0.25) is 0 Å². The maximum atomic E-state index is 6.60. The first-order valence-electron chi connectivity index (χ1n) is 12.1. The minimum atomic E-state index is -2.87. The van der Waals surface area contributed by atoms with Gasteiger partial charge in [-0.25, -0.2) is 9.16 Å². The van der Waals surface area contributed by atoms with Gasteiger partial charge < -0.3 is 5.73 Å². The van der Waals surface area contributed by atoms with Gasteiger partial charge in [-0.15, -0.1) is 0 Å². The molecule has 0 radical (unpaired) electrons. The van der Waals surface area contributed by atoms with Gasteiger partial charge in [-0.1, -0.05) is 74.4 Å². The van der Waals surface area contributed by atoms with E-state index in [4.69, 9.17) is 5.73 Å². The SMILES string of the molecule is CCC1=C(/C=C(/N)CC)[SH]2(C)(C3=C(C[C@@H](C)C(C)=C3)c3ccc(C)cc32)c2ccccc21. The maximum absolute atomic E-state index is 6.60. The fraction of sp³-hybridized carbons (Fsp3) is 0.333. The fourth-order valence-electron chi connectivity index (χ4n) is 6.49. The lowest BCUT2D eigenvalue weighted by atomic mass is 9.86. The van der Waals surface area contributed by atoms with E-state index >= 15 is 0 Å². The summed E-state index contributed by atoms with van der Waals surface area (Å²) in [6.45, 7) is 11.4. The van der Waals surface area contributed by atoms with E-state index in [0.717, 1.165) is 25.0 Å². The molecule has 0 fully saturated rings. The molecule has 2 heterocycles. The molecule has 168 valence electrons. The monoisotopic (exact) mass is 443 g/mol. The van der Waals surface area contributed by atoms with E-state index in [1.54, 1.807) is 20.3 Å². The van der Waals surface area contributed by atoms with E-state index in [1.165, 1.54) is 32.7 Å². The fourth-order valence-corrected chi connectivity index (χ4v) is 13.5. The van der Waals surface area contributed by atoms with Crippen LogP contribution in [0, 0.1) is 12.8 Å². The standard InChI is InChI=1S/C30H37NS/c1-7-22(31)18-30-23(8-2)24-11-9-10-12-27(24)32(30,6)28-15-19(3)13-14-25(28)26-16-20(4)21(5)17-29(26)32/h9-15,17-18,20,32H,7-8,16,31H2,1-6H3/b22-18+/t20-/m1/s1. The van der Waals surface area contributed by atoms with E-state index < -0.39 is 9.16 Å². The molecule has 2 aromatic carbocycles. The predicted molar refractivity (Wildman–Crippen MR) is 143 cm³/mol. The topological polar surface area (TPSA) is 26.0 Å². The number of hydrogen-bond acceptors (Lipinski definition) is 1. The highest BCUT2D eigenvalue weighted by Gasteiger charge is 2.57. The summed E-state index contributed by atoms with van der Waals surface area (Å²) < 4.78 is 0. The molecule has 1 aliphatic carbocycles. The summed E-state index contributed by atoms with van der Waals surface area (Å²) in [5.41, 5.74) is 16.4. The lowest BCUT2D eigenvalue weighted by molar-refractivity contribution is 0.696. The van der Waals surface area contributed by atoms with Crippen LogP contribution >= 0.6 is 9.16 Å². The lowest BCUT2D eigenvalue weighted by Crippen LogP contribution is -2.19. The number of hydrogen-bond donors (Lipinski definition) is 2. The number of rotatable bonds is 3. The first kappa shape index (κ1) is 21.4. The molecule has 0 aromatic heterocycles. The van der Waals surface area contributed by atoms with Gasteiger partial charge in [-0.3, -0.25) is 0 Å². The van der Waals surface area contributed by atoms with Crippen molar-refractivity contribution in [2.45, 2.75) is 63.7 Å². The van der Waals surface area contributed by atoms with Gasteiger partial charge in [0.05, 0.1) is 0 Å². The smallest absolute Gasteiger partial charge is 0.00882 e. The van der Waals surface area contributed by atoms with Crippen LogP contribution in [0.25, 0.3) is 11.1 Å². The Morgan fingerprint density at radius 1 is 1.06 bits per heavy atom. The van der Waals surface area contributed by atoms with E-state index in [2.05, 4.69) is 95.5 Å². The van der Waals surface area contributed by atoms with E-state index in [9.17, 15) is 0 Å². The minimum absolute atomic E-state index is 0.584. The van der Waals surface area contributed by atoms with Gasteiger partial charge in [0.2, 0.25) is 0 Å². The van der Waals surface area contributed by atoms with Crippen LogP contribution in [-0.2, 0) is 0 Å². The van der Waals surface area contributed by atoms with Crippen molar-refractivity contribution < 1.29 is 0 Å². The van der Waals surface area contributed by atoms with Crippen LogP contribution in [0.4, 0.5) is 0 Å². The molecule has 0 amide bonds. The van der Waals surface area contributed by atoms with Crippen molar-refractivity contribution in [3.8, 4) is 0 Å². The Hall–Kier alpha value is -2.45. The zero-order valence-electron chi connectivity index (χ0n) is 20.4. The van der Waals surface area contributed by atoms with Gasteiger partial charge in [0.25, 0.3) is 0 Å². The van der Waals surface area contributed by atoms with Crippen LogP contribution in [0.3, 0.4) is 0 Å². The average Bonchev–Trinajstić information content (AvgIpc) is 3.14. The van der Waals surface area contributed by atoms with E-state index in [1.807, 2.05) is 0 Å². The van der Waals surface area contributed by atoms with Crippen molar-refractivity contribution >= 4 is 20.3 Å². The molecule has 0 unspecified atom stereocenters. The van der Waals surface area contributed by atoms with Crippen molar-refractivity contribution in [3.63, 3.8) is 0 Å². The third-order valence-corrected chi connectivity index (χ3v) is 14.8. The second kappa shape index (κ2) is 7.02. The second-order valence-corrected chi connectivity index (χ2v) is 15.3. The van der Waals surface area contributed by atoms with Crippen LogP contribution in [0.15, 0.2) is 85.5 Å². The molecule has 1 spiro atoms. The molecule has 0 saturated heterocycles. The quantitative estimate of drug-likeness (QED) is 0.459. The summed E-state index contributed by atoms with van der Waals surface area (Å²) in [6, 6.07) is 16.4. The molecule has 2 N–H and O–H groups in total. The number of aryl methyl sites for hydroxylation is 1. The molecule has 2 heteroatoms. The Balaban J connectivity index is 2.04. The largest absolute Gasteiger partial charge is 0.402 e. The van der Waals surface area contributed by atoms with Crippen molar-refractivity contribution in [2.24, 2.45) is 11.7 Å². The molecule has 3 aliphatic rings. The highest BCUT2D eigenvalue weighted by Crippen LogP contribution is 2.96. The van der Waals surface area contributed by atoms with E-state index in [0.29, 0.717) is 5.92 Å². The summed E-state index contributed by atoms with van der Waals surface area (Å²) in [5.74, 6) is 0.584. The summed E-state index contributed by atoms with van der Waals surface area (Å²) in [6.07, 6.45) is 10.6. The van der Waals surface area contributed by atoms with Crippen LogP contribution < -0.4 is 5.73 Å². The normalized spacial score (nSPS) is 24.1. The summed E-state index contributed by atoms with van der Waals surface area (Å²) in [7, 11) is -2.87. The van der Waals surface area contributed by atoms with Crippen molar-refractivity contribution in [3.05, 3.63) is 92.4 Å². The molecular weight excluding hydrogens is 406 g/mol. The Bertz CT molecular complexity index is 1290. The van der Waals surface area contributed by atoms with Crippen LogP contribution in [0.5, 0.6) is 0 Å². The molecule has 0 saturated carbocycles. The average molecular weight is 444 g/mol. The zero-order chi connectivity index (χ0) is 22.9. The number of allylic oxidation sites excluding steroid dienone is 6. The van der Waals surface area contributed by atoms with Crippen molar-refractivity contribution in [2.75, 3.05) is 6.26 Å². The molecule has 2 aliphatic heterocycles. The Morgan fingerprint density at radius 3 is 2.53 bits per heavy atom. The van der Waals surface area contributed by atoms with Gasteiger partial charge in [-0.05, 0) is 99.3 Å². The first-order chi connectivity index (χ1) is 15.3. The third-order valence-electron chi connectivity index (χ3n) is 8.47. The molecule has 1 nitrogen and oxygen atoms in total. The number of nitrogens with two attached hydrogens (primary N) is 1. The first-order valence-corrected chi connectivity index (χ1v) is 14.8. The maximum Gasteiger partial charge on any atom is 0.00882 e. The van der Waals surface area contributed by atoms with Crippen molar-refractivity contribution in [1.82, 2.24) is 0 Å². The second-order valence-electron chi connectivity index (χ2n) is 10.3. The van der Waals surface area contributed by atoms with Gasteiger partial charge in [0, 0.05) is 5.70 Å². The molecule has 32 heavy (non-hydrogen) atoms. The number of fused-ring (bicyclic) bond motifs is 6. The highest BCUT2D eigenvalue weighted by atomic mass is 32.3. The van der Waals surface area contributed by atoms with Gasteiger partial charge in [0.1, 0.15) is 0 Å². The summed E-state index contributed by atoms with van der Waals surface area (Å²) >= 11 is 0. The summed E-state index contributed by atoms with van der Waals surface area (Å²) in [5, 5.41) is 0. The Labute approximate surface area is 194 Å². The number of benzene rings is 2. The molecule has 2 aromatic rings. The highest BCUT2D eigenvalue weighted by molar-refractivity contribution is 8.55. The van der Waals surface area contributed by atoms with Gasteiger partial charge in [0.15, 0.2) is 0 Å². The number of thiol groups is 1. The minimum Gasteiger partial charge on any atom is -0.402 e. The lowest BCUT2D eigenvalue weighted by Gasteiger charge is -2.58. The molecule has 1 atom stereocenters. The van der Waals surface area contributed by atoms with E-state index in [-0.39, 0.29) is 0 Å². The zero-order valence-corrected chi connectivity index (χ0v) is 21.3. The molecule has 0 bridgehead atoms. The predicted octanol–water partition coefficient (Wildman–Crippen LogP) is 8.21. The Morgan fingerprint density at radius 2 is 1.81 bits per heavy atom. The molecular formula is C30H37NS. The molecule has 5 rings (SSSR count). The van der Waals surface area contributed by atoms with Crippen molar-refractivity contribution in [1.29, 1.82) is 0 Å². The third kappa shape index (κ3) is 2.42. The van der Waals surface area contributed by atoms with Crippen LogP contribution in [0.1, 0.15) is 63.6 Å². The summed E-state index contributed by atoms with van der Waals surface area (Å²) in [4.78, 5) is 6.21.